The molecule has 0 heterocycles. The van der Waals surface area contributed by atoms with Gasteiger partial charge in [-0.2, -0.15) is 0 Å². The molecule has 1 aliphatic rings. The van der Waals surface area contributed by atoms with E-state index in [4.69, 9.17) is 0 Å². The van der Waals surface area contributed by atoms with E-state index in [-0.39, 0.29) is 5.60 Å². The predicted molar refractivity (Wildman–Crippen MR) is 33.6 cm³/mol. The van der Waals surface area contributed by atoms with E-state index in [2.05, 4.69) is 6.92 Å². The van der Waals surface area contributed by atoms with Gasteiger partial charge in [-0.25, -0.2) is 0 Å². The number of rotatable bonds is 0. The third-order valence-electron chi connectivity index (χ3n) is 1.96. The Morgan fingerprint density at radius 2 is 2.25 bits per heavy atom. The first kappa shape index (κ1) is 6.09. The van der Waals surface area contributed by atoms with Gasteiger partial charge in [-0.15, -0.1) is 0 Å². The van der Waals surface area contributed by atoms with Crippen LogP contribution in [-0.4, -0.2) is 10.7 Å². The molecule has 1 fully saturated rings. The first-order valence-electron chi connectivity index (χ1n) is 3.32. The van der Waals surface area contributed by atoms with Crippen LogP contribution in [0.2, 0.25) is 0 Å². The molecule has 2 atom stereocenters. The second-order valence-electron chi connectivity index (χ2n) is 3.34. The summed E-state index contributed by atoms with van der Waals surface area (Å²) in [5.74, 6) is 0.741. The van der Waals surface area contributed by atoms with Gasteiger partial charge in [0.05, 0.1) is 5.60 Å². The molecule has 1 N–H and O–H groups in total. The Morgan fingerprint density at radius 3 is 2.38 bits per heavy atom. The van der Waals surface area contributed by atoms with Gasteiger partial charge in [0.25, 0.3) is 0 Å². The van der Waals surface area contributed by atoms with Crippen LogP contribution in [0.15, 0.2) is 0 Å². The lowest BCUT2D eigenvalue weighted by Crippen LogP contribution is -2.18. The van der Waals surface area contributed by atoms with E-state index in [1.165, 1.54) is 6.42 Å². The lowest BCUT2D eigenvalue weighted by Gasteiger charge is -2.13. The van der Waals surface area contributed by atoms with Crippen LogP contribution < -0.4 is 0 Å². The molecule has 0 aromatic heterocycles. The Labute approximate surface area is 50.7 Å². The minimum atomic E-state index is -0.334. The van der Waals surface area contributed by atoms with Gasteiger partial charge in [0.1, 0.15) is 0 Å². The summed E-state index contributed by atoms with van der Waals surface area (Å²) >= 11 is 0. The first-order valence-corrected chi connectivity index (χ1v) is 3.32. The molecular formula is C7H14O. The van der Waals surface area contributed by atoms with Crippen molar-refractivity contribution in [2.45, 2.75) is 38.7 Å². The molecule has 0 aromatic rings. The van der Waals surface area contributed by atoms with Crippen LogP contribution in [0.25, 0.3) is 0 Å². The molecule has 1 heteroatoms. The Bertz CT molecular complexity index is 86.4. The standard InChI is InChI=1S/C7H14O/c1-6-3-4-7(2,8)5-6/h6,8H,3-5H2,1-2H3/t6?,7-/m0/s1. The van der Waals surface area contributed by atoms with Gasteiger partial charge in [0, 0.05) is 0 Å². The summed E-state index contributed by atoms with van der Waals surface area (Å²) in [6, 6.07) is 0. The van der Waals surface area contributed by atoms with Gasteiger partial charge >= 0.3 is 0 Å². The highest BCUT2D eigenvalue weighted by Crippen LogP contribution is 2.33. The van der Waals surface area contributed by atoms with E-state index in [0.717, 1.165) is 18.8 Å². The molecule has 0 aliphatic heterocycles. The third-order valence-corrected chi connectivity index (χ3v) is 1.96. The van der Waals surface area contributed by atoms with Crippen LogP contribution in [-0.2, 0) is 0 Å². The van der Waals surface area contributed by atoms with Crippen molar-refractivity contribution in [1.82, 2.24) is 0 Å². The summed E-state index contributed by atoms with van der Waals surface area (Å²) in [7, 11) is 0. The number of hydrogen-bond donors (Lipinski definition) is 1. The highest BCUT2D eigenvalue weighted by atomic mass is 16.3. The fourth-order valence-electron chi connectivity index (χ4n) is 1.51. The fourth-order valence-corrected chi connectivity index (χ4v) is 1.51. The molecule has 1 saturated carbocycles. The third kappa shape index (κ3) is 1.22. The van der Waals surface area contributed by atoms with Gasteiger partial charge in [-0.1, -0.05) is 6.92 Å². The SMILES string of the molecule is CC1CC[C@](C)(O)C1. The maximum Gasteiger partial charge on any atom is 0.0622 e. The van der Waals surface area contributed by atoms with Crippen molar-refractivity contribution in [3.63, 3.8) is 0 Å². The molecule has 1 rings (SSSR count). The zero-order valence-corrected chi connectivity index (χ0v) is 5.65. The normalized spacial score (nSPS) is 47.6. The molecule has 48 valence electrons. The van der Waals surface area contributed by atoms with Crippen LogP contribution in [0.3, 0.4) is 0 Å². The van der Waals surface area contributed by atoms with E-state index in [0.29, 0.717) is 0 Å². The topological polar surface area (TPSA) is 20.2 Å². The quantitative estimate of drug-likeness (QED) is 0.506. The molecule has 0 spiro atoms. The van der Waals surface area contributed by atoms with Crippen LogP contribution in [0.1, 0.15) is 33.1 Å². The molecule has 0 aromatic carbocycles. The molecule has 8 heavy (non-hydrogen) atoms. The van der Waals surface area contributed by atoms with Crippen molar-refractivity contribution in [1.29, 1.82) is 0 Å². The lowest BCUT2D eigenvalue weighted by atomic mass is 10.0. The smallest absolute Gasteiger partial charge is 0.0622 e. The minimum absolute atomic E-state index is 0.334. The van der Waals surface area contributed by atoms with Gasteiger partial charge in [0.2, 0.25) is 0 Å². The van der Waals surface area contributed by atoms with Crippen molar-refractivity contribution in [3.05, 3.63) is 0 Å². The van der Waals surface area contributed by atoms with Crippen molar-refractivity contribution in [2.24, 2.45) is 5.92 Å². The summed E-state index contributed by atoms with van der Waals surface area (Å²) < 4.78 is 0. The Balaban J connectivity index is 2.44. The molecule has 0 bridgehead atoms. The zero-order chi connectivity index (χ0) is 6.20. The summed E-state index contributed by atoms with van der Waals surface area (Å²) in [6.45, 7) is 4.12. The second-order valence-corrected chi connectivity index (χ2v) is 3.34. The van der Waals surface area contributed by atoms with E-state index in [1.807, 2.05) is 6.92 Å². The first-order chi connectivity index (χ1) is 3.60. The molecular weight excluding hydrogens is 100 g/mol. The lowest BCUT2D eigenvalue weighted by molar-refractivity contribution is 0.0644. The van der Waals surface area contributed by atoms with Gasteiger partial charge in [-0.05, 0) is 32.1 Å². The van der Waals surface area contributed by atoms with E-state index in [1.54, 1.807) is 0 Å². The molecule has 0 saturated heterocycles. The van der Waals surface area contributed by atoms with E-state index < -0.39 is 0 Å². The Kier molecular flexibility index (Phi) is 1.31. The van der Waals surface area contributed by atoms with Gasteiger partial charge < -0.3 is 5.11 Å². The number of hydrogen-bond acceptors (Lipinski definition) is 1. The summed E-state index contributed by atoms with van der Waals surface area (Å²) in [5, 5.41) is 9.36. The highest BCUT2D eigenvalue weighted by molar-refractivity contribution is 4.82. The average Bonchev–Trinajstić information content (AvgIpc) is 1.82. The number of aliphatic hydroxyl groups is 1. The average molecular weight is 114 g/mol. The molecule has 0 radical (unpaired) electrons. The predicted octanol–water partition coefficient (Wildman–Crippen LogP) is 1.56. The fraction of sp³-hybridized carbons (Fsp3) is 1.00. The highest BCUT2D eigenvalue weighted by Gasteiger charge is 2.29. The minimum Gasteiger partial charge on any atom is -0.390 e. The van der Waals surface area contributed by atoms with Gasteiger partial charge in [-0.3, -0.25) is 0 Å². The summed E-state index contributed by atoms with van der Waals surface area (Å²) in [5.41, 5.74) is -0.334. The van der Waals surface area contributed by atoms with Crippen LogP contribution in [0, 0.1) is 5.92 Å². The Morgan fingerprint density at radius 1 is 1.62 bits per heavy atom. The summed E-state index contributed by atoms with van der Waals surface area (Å²) in [4.78, 5) is 0. The molecule has 1 nitrogen and oxygen atoms in total. The molecule has 1 unspecified atom stereocenters. The van der Waals surface area contributed by atoms with E-state index in [9.17, 15) is 5.11 Å². The zero-order valence-electron chi connectivity index (χ0n) is 5.65. The van der Waals surface area contributed by atoms with Crippen molar-refractivity contribution < 1.29 is 5.11 Å². The van der Waals surface area contributed by atoms with Gasteiger partial charge in [0.15, 0.2) is 0 Å². The van der Waals surface area contributed by atoms with Crippen LogP contribution in [0.4, 0.5) is 0 Å². The summed E-state index contributed by atoms with van der Waals surface area (Å²) in [6.07, 6.45) is 3.19. The second kappa shape index (κ2) is 1.73. The van der Waals surface area contributed by atoms with E-state index >= 15 is 0 Å². The maximum absolute atomic E-state index is 9.36. The molecule has 1 aliphatic carbocycles. The Hall–Kier alpha value is -0.0400. The molecule has 0 amide bonds. The van der Waals surface area contributed by atoms with Crippen LogP contribution in [0.5, 0.6) is 0 Å². The monoisotopic (exact) mass is 114 g/mol. The van der Waals surface area contributed by atoms with Crippen molar-refractivity contribution in [3.8, 4) is 0 Å². The largest absolute Gasteiger partial charge is 0.390 e. The van der Waals surface area contributed by atoms with Crippen molar-refractivity contribution >= 4 is 0 Å². The maximum atomic E-state index is 9.36. The van der Waals surface area contributed by atoms with Crippen LogP contribution >= 0.6 is 0 Å². The van der Waals surface area contributed by atoms with Crippen molar-refractivity contribution in [2.75, 3.05) is 0 Å².